The summed E-state index contributed by atoms with van der Waals surface area (Å²) in [5.74, 6) is 1.50. The number of hydrogen-bond donors (Lipinski definition) is 1. The highest BCUT2D eigenvalue weighted by molar-refractivity contribution is 6.32. The molecule has 0 aliphatic heterocycles. The predicted octanol–water partition coefficient (Wildman–Crippen LogP) is 4.04. The van der Waals surface area contributed by atoms with Crippen molar-refractivity contribution in [3.05, 3.63) is 40.5 Å². The van der Waals surface area contributed by atoms with Crippen LogP contribution in [-0.2, 0) is 0 Å². The number of halogens is 1. The molecule has 1 N–H and O–H groups in total. The third kappa shape index (κ3) is 4.98. The molecule has 0 bridgehead atoms. The van der Waals surface area contributed by atoms with Crippen LogP contribution in [0.5, 0.6) is 23.1 Å². The molecule has 7 nitrogen and oxygen atoms in total. The van der Waals surface area contributed by atoms with Crippen molar-refractivity contribution in [3.8, 4) is 23.1 Å². The van der Waals surface area contributed by atoms with Gasteiger partial charge in [-0.15, -0.1) is 0 Å². The Balaban J connectivity index is 2.21. The molecular formula is C20H25ClN2O5. The molecule has 0 fully saturated rings. The highest BCUT2D eigenvalue weighted by Gasteiger charge is 2.19. The Morgan fingerprint density at radius 3 is 2.11 bits per heavy atom. The number of pyridine rings is 1. The van der Waals surface area contributed by atoms with Gasteiger partial charge in [0.15, 0.2) is 11.5 Å². The Hall–Kier alpha value is -2.67. The van der Waals surface area contributed by atoms with Crippen LogP contribution in [0.15, 0.2) is 24.4 Å². The molecule has 0 radical (unpaired) electrons. The summed E-state index contributed by atoms with van der Waals surface area (Å²) in [4.78, 5) is 16.7. The first-order valence-corrected chi connectivity index (χ1v) is 9.11. The summed E-state index contributed by atoms with van der Waals surface area (Å²) >= 11 is 6.17. The first kappa shape index (κ1) is 21.6. The Bertz CT molecular complexity index is 816. The lowest BCUT2D eigenvalue weighted by molar-refractivity contribution is 0.0939. The lowest BCUT2D eigenvalue weighted by Gasteiger charge is -2.19. The average Bonchev–Trinajstić information content (AvgIpc) is 2.67. The van der Waals surface area contributed by atoms with E-state index in [-0.39, 0.29) is 23.1 Å². The summed E-state index contributed by atoms with van der Waals surface area (Å²) in [5, 5.41) is 3.19. The van der Waals surface area contributed by atoms with Gasteiger partial charge < -0.3 is 24.3 Å². The van der Waals surface area contributed by atoms with Gasteiger partial charge in [-0.2, -0.15) is 0 Å². The maximum atomic E-state index is 12.6. The third-order valence-corrected chi connectivity index (χ3v) is 4.22. The van der Waals surface area contributed by atoms with Crippen LogP contribution in [0.1, 0.15) is 42.7 Å². The molecule has 0 saturated carbocycles. The van der Waals surface area contributed by atoms with Crippen LogP contribution in [0.4, 0.5) is 0 Å². The second-order valence-electron chi connectivity index (χ2n) is 6.33. The second kappa shape index (κ2) is 9.50. The largest absolute Gasteiger partial charge is 0.493 e. The standard InChI is InChI=1S/C20H25ClN2O5/c1-11(2)28-20-15(21)7-14(10-22-20)19(24)23-12(3)13-8-16(25-4)18(27-6)17(9-13)26-5/h7-12H,1-6H3,(H,23,24). The number of methoxy groups -OCH3 is 3. The molecule has 2 rings (SSSR count). The maximum Gasteiger partial charge on any atom is 0.253 e. The van der Waals surface area contributed by atoms with E-state index in [0.717, 1.165) is 5.56 Å². The summed E-state index contributed by atoms with van der Waals surface area (Å²) in [6, 6.07) is 4.78. The van der Waals surface area contributed by atoms with E-state index in [2.05, 4.69) is 10.3 Å². The van der Waals surface area contributed by atoms with Crippen LogP contribution in [0, 0.1) is 0 Å². The number of ether oxygens (including phenoxy) is 4. The number of nitrogens with zero attached hydrogens (tertiary/aromatic N) is 1. The number of carbonyl (C=O) groups excluding carboxylic acids is 1. The Morgan fingerprint density at radius 2 is 1.64 bits per heavy atom. The van der Waals surface area contributed by atoms with Gasteiger partial charge in [-0.3, -0.25) is 4.79 Å². The first-order chi connectivity index (χ1) is 13.3. The minimum absolute atomic E-state index is 0.0651. The van der Waals surface area contributed by atoms with Gasteiger partial charge in [0.2, 0.25) is 11.6 Å². The van der Waals surface area contributed by atoms with Crippen molar-refractivity contribution in [2.24, 2.45) is 0 Å². The zero-order valence-electron chi connectivity index (χ0n) is 16.8. The fourth-order valence-electron chi connectivity index (χ4n) is 2.57. The van der Waals surface area contributed by atoms with Crippen molar-refractivity contribution in [1.29, 1.82) is 0 Å². The van der Waals surface area contributed by atoms with Crippen LogP contribution >= 0.6 is 11.6 Å². The first-order valence-electron chi connectivity index (χ1n) is 8.73. The maximum absolute atomic E-state index is 12.6. The highest BCUT2D eigenvalue weighted by atomic mass is 35.5. The van der Waals surface area contributed by atoms with Crippen molar-refractivity contribution < 1.29 is 23.7 Å². The normalized spacial score (nSPS) is 11.7. The molecule has 1 aromatic carbocycles. The van der Waals surface area contributed by atoms with Gasteiger partial charge >= 0.3 is 0 Å². The summed E-state index contributed by atoms with van der Waals surface area (Å²) in [6.45, 7) is 5.60. The average molecular weight is 409 g/mol. The van der Waals surface area contributed by atoms with Crippen LogP contribution in [0.2, 0.25) is 5.02 Å². The minimum Gasteiger partial charge on any atom is -0.493 e. The van der Waals surface area contributed by atoms with Crippen LogP contribution in [-0.4, -0.2) is 38.3 Å². The molecule has 0 aliphatic rings. The fourth-order valence-corrected chi connectivity index (χ4v) is 2.79. The van der Waals surface area contributed by atoms with Crippen molar-refractivity contribution in [2.45, 2.75) is 32.9 Å². The number of nitrogens with one attached hydrogen (secondary N) is 1. The van der Waals surface area contributed by atoms with E-state index < -0.39 is 0 Å². The number of benzene rings is 1. The SMILES string of the molecule is COc1cc(C(C)NC(=O)c2cnc(OC(C)C)c(Cl)c2)cc(OC)c1OC. The third-order valence-electron chi connectivity index (χ3n) is 3.95. The summed E-state index contributed by atoms with van der Waals surface area (Å²) in [6.07, 6.45) is 1.37. The molecule has 1 atom stereocenters. The summed E-state index contributed by atoms with van der Waals surface area (Å²) in [7, 11) is 4.62. The summed E-state index contributed by atoms with van der Waals surface area (Å²) in [5.41, 5.74) is 1.13. The van der Waals surface area contributed by atoms with Crippen molar-refractivity contribution >= 4 is 17.5 Å². The molecular weight excluding hydrogens is 384 g/mol. The molecule has 1 amide bonds. The van der Waals surface area contributed by atoms with Gasteiger partial charge in [0, 0.05) is 6.20 Å². The number of hydrogen-bond acceptors (Lipinski definition) is 6. The van der Waals surface area contributed by atoms with Crippen molar-refractivity contribution in [2.75, 3.05) is 21.3 Å². The van der Waals surface area contributed by atoms with Crippen LogP contribution in [0.25, 0.3) is 0 Å². The fraction of sp³-hybridized carbons (Fsp3) is 0.400. The monoisotopic (exact) mass is 408 g/mol. The lowest BCUT2D eigenvalue weighted by Crippen LogP contribution is -2.27. The predicted molar refractivity (Wildman–Crippen MR) is 107 cm³/mol. The molecule has 2 aromatic rings. The molecule has 0 saturated heterocycles. The lowest BCUT2D eigenvalue weighted by atomic mass is 10.1. The van der Waals surface area contributed by atoms with Gasteiger partial charge in [-0.1, -0.05) is 11.6 Å². The molecule has 28 heavy (non-hydrogen) atoms. The topological polar surface area (TPSA) is 78.9 Å². The van der Waals surface area contributed by atoms with Crippen molar-refractivity contribution in [1.82, 2.24) is 10.3 Å². The highest BCUT2D eigenvalue weighted by Crippen LogP contribution is 2.39. The second-order valence-corrected chi connectivity index (χ2v) is 6.74. The minimum atomic E-state index is -0.327. The van der Waals surface area contributed by atoms with E-state index in [1.165, 1.54) is 19.4 Å². The Morgan fingerprint density at radius 1 is 1.04 bits per heavy atom. The van der Waals surface area contributed by atoms with E-state index >= 15 is 0 Å². The Labute approximate surface area is 169 Å². The van der Waals surface area contributed by atoms with Gasteiger partial charge in [0.05, 0.1) is 39.0 Å². The summed E-state index contributed by atoms with van der Waals surface area (Å²) < 4.78 is 21.5. The zero-order valence-corrected chi connectivity index (χ0v) is 17.6. The van der Waals surface area contributed by atoms with E-state index in [1.54, 1.807) is 26.4 Å². The van der Waals surface area contributed by atoms with Crippen molar-refractivity contribution in [3.63, 3.8) is 0 Å². The van der Waals surface area contributed by atoms with E-state index in [0.29, 0.717) is 28.7 Å². The molecule has 1 unspecified atom stereocenters. The molecule has 152 valence electrons. The Kier molecular flexibility index (Phi) is 7.34. The molecule has 8 heteroatoms. The number of amides is 1. The number of rotatable bonds is 8. The van der Waals surface area contributed by atoms with Gasteiger partial charge in [-0.05, 0) is 44.5 Å². The van der Waals surface area contributed by atoms with Gasteiger partial charge in [-0.25, -0.2) is 4.98 Å². The smallest absolute Gasteiger partial charge is 0.253 e. The van der Waals surface area contributed by atoms with Crippen LogP contribution in [0.3, 0.4) is 0 Å². The zero-order chi connectivity index (χ0) is 20.8. The van der Waals surface area contributed by atoms with E-state index in [9.17, 15) is 4.79 Å². The van der Waals surface area contributed by atoms with Gasteiger partial charge in [0.1, 0.15) is 5.02 Å². The molecule has 0 spiro atoms. The van der Waals surface area contributed by atoms with E-state index in [1.807, 2.05) is 20.8 Å². The van der Waals surface area contributed by atoms with Gasteiger partial charge in [0.25, 0.3) is 5.91 Å². The van der Waals surface area contributed by atoms with E-state index in [4.69, 9.17) is 30.5 Å². The number of carbonyl (C=O) groups is 1. The number of aromatic nitrogens is 1. The molecule has 1 aromatic heterocycles. The molecule has 0 aliphatic carbocycles. The molecule has 1 heterocycles. The van der Waals surface area contributed by atoms with Crippen LogP contribution < -0.4 is 24.3 Å². The quantitative estimate of drug-likeness (QED) is 0.710.